The number of likely N-dealkylation sites (N-methyl/N-ethyl adjacent to an activating group) is 1. The molecular weight excluding hydrogens is 350 g/mol. The maximum atomic E-state index is 12.9. The van der Waals surface area contributed by atoms with E-state index in [-0.39, 0.29) is 12.1 Å². The third kappa shape index (κ3) is 4.61. The molecule has 0 bridgehead atoms. The van der Waals surface area contributed by atoms with Crippen LogP contribution in [0.15, 0.2) is 47.1 Å². The van der Waals surface area contributed by atoms with Crippen molar-refractivity contribution >= 4 is 5.91 Å². The second-order valence-electron chi connectivity index (χ2n) is 7.61. The Labute approximate surface area is 169 Å². The van der Waals surface area contributed by atoms with Crippen molar-refractivity contribution in [3.63, 3.8) is 0 Å². The lowest BCUT2D eigenvalue weighted by Crippen LogP contribution is -2.43. The monoisotopic (exact) mass is 385 g/mol. The Morgan fingerprint density at radius 3 is 2.75 bits per heavy atom. The number of dihydropyridines is 2. The first-order valence-corrected chi connectivity index (χ1v) is 10.7. The van der Waals surface area contributed by atoms with Crippen LogP contribution >= 0.6 is 0 Å². The number of carbonyl (C=O) groups excluding carboxylic acids is 1. The van der Waals surface area contributed by atoms with E-state index >= 15 is 0 Å². The summed E-state index contributed by atoms with van der Waals surface area (Å²) in [5, 5.41) is 10.1. The highest BCUT2D eigenvalue weighted by molar-refractivity contribution is 5.94. The molecule has 0 aromatic carbocycles. The predicted molar refractivity (Wildman–Crippen MR) is 114 cm³/mol. The minimum atomic E-state index is 0.125. The highest BCUT2D eigenvalue weighted by Crippen LogP contribution is 2.25. The van der Waals surface area contributed by atoms with Gasteiger partial charge in [-0.15, -0.1) is 0 Å². The van der Waals surface area contributed by atoms with Gasteiger partial charge in [0.15, 0.2) is 0 Å². The number of hydrogen-bond acceptors (Lipinski definition) is 5. The average molecular weight is 386 g/mol. The van der Waals surface area contributed by atoms with E-state index < -0.39 is 0 Å². The van der Waals surface area contributed by atoms with Gasteiger partial charge in [-0.25, -0.2) is 0 Å². The van der Waals surface area contributed by atoms with E-state index in [9.17, 15) is 4.79 Å². The molecule has 6 nitrogen and oxygen atoms in total. The van der Waals surface area contributed by atoms with E-state index in [2.05, 4.69) is 52.9 Å². The molecule has 3 heterocycles. The van der Waals surface area contributed by atoms with Gasteiger partial charge in [0.1, 0.15) is 5.82 Å². The standard InChI is InChI=1S/C22H35N5O/c1-4-11-27(19-9-10-24-20(15-19)23-3)21-17(5-2)14-18(16-25-21)22(28)26-12-7-6-8-13-26/h9-10,14-15,20,23-25H,4-8,11-13,16H2,1-3H3. The lowest BCUT2D eigenvalue weighted by molar-refractivity contribution is -0.128. The second-order valence-corrected chi connectivity index (χ2v) is 7.61. The Morgan fingerprint density at radius 2 is 2.07 bits per heavy atom. The molecule has 1 saturated heterocycles. The number of nitrogens with one attached hydrogen (secondary N) is 3. The number of nitrogens with zero attached hydrogens (tertiary/aromatic N) is 2. The van der Waals surface area contributed by atoms with Crippen LogP contribution in [0.4, 0.5) is 0 Å². The van der Waals surface area contributed by atoms with Crippen LogP contribution in [0.3, 0.4) is 0 Å². The Morgan fingerprint density at radius 1 is 1.29 bits per heavy atom. The minimum absolute atomic E-state index is 0.125. The first kappa shape index (κ1) is 20.5. The molecular formula is C22H35N5O. The van der Waals surface area contributed by atoms with E-state index in [0.717, 1.165) is 56.7 Å². The molecule has 3 aliphatic rings. The van der Waals surface area contributed by atoms with E-state index in [4.69, 9.17) is 0 Å². The van der Waals surface area contributed by atoms with Gasteiger partial charge in [0.2, 0.25) is 0 Å². The molecule has 1 atom stereocenters. The normalized spacial score (nSPS) is 22.2. The molecule has 3 rings (SSSR count). The number of rotatable bonds is 7. The molecule has 0 aliphatic carbocycles. The second kappa shape index (κ2) is 9.82. The van der Waals surface area contributed by atoms with Crippen molar-refractivity contribution in [2.24, 2.45) is 0 Å². The van der Waals surface area contributed by atoms with Crippen LogP contribution in [0, 0.1) is 0 Å². The number of piperidine rings is 1. The fraction of sp³-hybridized carbons (Fsp3) is 0.591. The van der Waals surface area contributed by atoms with E-state index in [1.165, 1.54) is 17.7 Å². The van der Waals surface area contributed by atoms with Crippen LogP contribution < -0.4 is 16.0 Å². The summed E-state index contributed by atoms with van der Waals surface area (Å²) in [6.07, 6.45) is 14.0. The van der Waals surface area contributed by atoms with Crippen LogP contribution in [-0.2, 0) is 4.79 Å². The summed E-state index contributed by atoms with van der Waals surface area (Å²) in [5.41, 5.74) is 3.27. The van der Waals surface area contributed by atoms with Gasteiger partial charge >= 0.3 is 0 Å². The predicted octanol–water partition coefficient (Wildman–Crippen LogP) is 2.41. The van der Waals surface area contributed by atoms with Crippen LogP contribution in [0.25, 0.3) is 0 Å². The number of carbonyl (C=O) groups is 1. The SMILES string of the molecule is CCCN(C1=CC(NC)NC=C1)C1=C(CC)C=C(C(=O)N2CCCCC2)CN1. The largest absolute Gasteiger partial charge is 0.372 e. The van der Waals surface area contributed by atoms with Gasteiger partial charge < -0.3 is 20.4 Å². The fourth-order valence-electron chi connectivity index (χ4n) is 4.05. The van der Waals surface area contributed by atoms with Crippen LogP contribution in [0.2, 0.25) is 0 Å². The summed E-state index contributed by atoms with van der Waals surface area (Å²) in [5.74, 6) is 1.34. The average Bonchev–Trinajstić information content (AvgIpc) is 2.77. The van der Waals surface area contributed by atoms with E-state index in [1.54, 1.807) is 0 Å². The molecule has 3 N–H and O–H groups in total. The fourth-order valence-corrected chi connectivity index (χ4v) is 4.05. The molecule has 0 saturated carbocycles. The van der Waals surface area contributed by atoms with Gasteiger partial charge in [-0.2, -0.15) is 0 Å². The van der Waals surface area contributed by atoms with Crippen molar-refractivity contribution in [3.05, 3.63) is 47.1 Å². The van der Waals surface area contributed by atoms with Crippen molar-refractivity contribution in [3.8, 4) is 0 Å². The Bertz CT molecular complexity index is 685. The molecule has 6 heteroatoms. The highest BCUT2D eigenvalue weighted by atomic mass is 16.2. The summed E-state index contributed by atoms with van der Waals surface area (Å²) in [6.45, 7) is 7.68. The summed E-state index contributed by atoms with van der Waals surface area (Å²) < 4.78 is 0. The Hall–Kier alpha value is -2.21. The lowest BCUT2D eigenvalue weighted by atomic mass is 10.0. The third-order valence-electron chi connectivity index (χ3n) is 5.60. The third-order valence-corrected chi connectivity index (χ3v) is 5.60. The summed E-state index contributed by atoms with van der Waals surface area (Å²) in [7, 11) is 1.95. The summed E-state index contributed by atoms with van der Waals surface area (Å²) in [4.78, 5) is 17.3. The topological polar surface area (TPSA) is 59.6 Å². The zero-order chi connectivity index (χ0) is 19.9. The Kier molecular flexibility index (Phi) is 7.20. The highest BCUT2D eigenvalue weighted by Gasteiger charge is 2.26. The lowest BCUT2D eigenvalue weighted by Gasteiger charge is -2.35. The molecule has 1 unspecified atom stereocenters. The van der Waals surface area contributed by atoms with Gasteiger partial charge in [-0.1, -0.05) is 13.8 Å². The Balaban J connectivity index is 1.86. The van der Waals surface area contributed by atoms with Crippen molar-refractivity contribution in [1.82, 2.24) is 25.8 Å². The van der Waals surface area contributed by atoms with Gasteiger partial charge in [0.25, 0.3) is 5.91 Å². The quantitative estimate of drug-likeness (QED) is 0.628. The number of hydrogen-bond donors (Lipinski definition) is 3. The van der Waals surface area contributed by atoms with Gasteiger partial charge in [-0.05, 0) is 69.2 Å². The molecule has 0 radical (unpaired) electrons. The van der Waals surface area contributed by atoms with E-state index in [1.807, 2.05) is 18.1 Å². The van der Waals surface area contributed by atoms with E-state index in [0.29, 0.717) is 6.54 Å². The first-order valence-electron chi connectivity index (χ1n) is 10.7. The zero-order valence-electron chi connectivity index (χ0n) is 17.6. The molecule has 154 valence electrons. The first-order chi connectivity index (χ1) is 13.7. The molecule has 28 heavy (non-hydrogen) atoms. The van der Waals surface area contributed by atoms with Crippen LogP contribution in [0.1, 0.15) is 46.0 Å². The number of likely N-dealkylation sites (tertiary alicyclic amines) is 1. The molecule has 1 amide bonds. The van der Waals surface area contributed by atoms with Gasteiger partial charge in [0, 0.05) is 37.4 Å². The molecule has 0 aromatic rings. The molecule has 1 fully saturated rings. The molecule has 0 spiro atoms. The van der Waals surface area contributed by atoms with Gasteiger partial charge in [-0.3, -0.25) is 10.1 Å². The van der Waals surface area contributed by atoms with Crippen LogP contribution in [0.5, 0.6) is 0 Å². The number of amides is 1. The maximum absolute atomic E-state index is 12.9. The molecule has 3 aliphatic heterocycles. The van der Waals surface area contributed by atoms with Crippen molar-refractivity contribution < 1.29 is 4.79 Å². The molecule has 0 aromatic heterocycles. The smallest absolute Gasteiger partial charge is 0.251 e. The van der Waals surface area contributed by atoms with Crippen molar-refractivity contribution in [2.45, 2.75) is 52.1 Å². The minimum Gasteiger partial charge on any atom is -0.372 e. The summed E-state index contributed by atoms with van der Waals surface area (Å²) >= 11 is 0. The summed E-state index contributed by atoms with van der Waals surface area (Å²) in [6, 6.07) is 0. The van der Waals surface area contributed by atoms with Crippen molar-refractivity contribution in [2.75, 3.05) is 33.2 Å². The zero-order valence-corrected chi connectivity index (χ0v) is 17.6. The van der Waals surface area contributed by atoms with Crippen molar-refractivity contribution in [1.29, 1.82) is 0 Å². The maximum Gasteiger partial charge on any atom is 0.251 e. The van der Waals surface area contributed by atoms with Crippen LogP contribution in [-0.4, -0.2) is 55.1 Å². The number of allylic oxidation sites excluding steroid dienone is 3. The van der Waals surface area contributed by atoms with Gasteiger partial charge in [0.05, 0.1) is 6.17 Å².